The molecular weight excluding hydrogens is 413 g/mol. The Morgan fingerprint density at radius 2 is 1.52 bits per heavy atom. The molecule has 0 aliphatic carbocycles. The van der Waals surface area contributed by atoms with E-state index < -0.39 is 18.8 Å². The van der Waals surface area contributed by atoms with Crippen LogP contribution in [-0.4, -0.2) is 37.9 Å². The minimum atomic E-state index is -4.54. The molecule has 0 saturated heterocycles. The van der Waals surface area contributed by atoms with Crippen molar-refractivity contribution in [3.63, 3.8) is 0 Å². The van der Waals surface area contributed by atoms with Crippen molar-refractivity contribution in [2.45, 2.75) is 51.6 Å². The van der Waals surface area contributed by atoms with Gasteiger partial charge in [-0.15, -0.1) is 0 Å². The zero-order chi connectivity index (χ0) is 23.1. The highest BCUT2D eigenvalue weighted by molar-refractivity contribution is 5.87. The van der Waals surface area contributed by atoms with Crippen LogP contribution < -0.4 is 4.74 Å². The van der Waals surface area contributed by atoms with Gasteiger partial charge in [-0.05, 0) is 43.5 Å². The Hall–Kier alpha value is -2.77. The van der Waals surface area contributed by atoms with Gasteiger partial charge in [-0.25, -0.2) is 9.59 Å². The number of rotatable bonds is 14. The van der Waals surface area contributed by atoms with Crippen molar-refractivity contribution in [1.29, 1.82) is 0 Å². The molecule has 0 aliphatic heterocycles. The van der Waals surface area contributed by atoms with Gasteiger partial charge in [-0.3, -0.25) is 0 Å². The summed E-state index contributed by atoms with van der Waals surface area (Å²) >= 11 is 0. The van der Waals surface area contributed by atoms with E-state index in [9.17, 15) is 22.8 Å². The van der Waals surface area contributed by atoms with Crippen LogP contribution in [-0.2, 0) is 19.1 Å². The van der Waals surface area contributed by atoms with Crippen LogP contribution in [0.4, 0.5) is 13.2 Å². The van der Waals surface area contributed by atoms with Gasteiger partial charge in [0.05, 0.1) is 13.2 Å². The van der Waals surface area contributed by atoms with Gasteiger partial charge in [-0.1, -0.05) is 44.4 Å². The maximum atomic E-state index is 12.0. The average molecular weight is 442 g/mol. The van der Waals surface area contributed by atoms with Crippen LogP contribution in [0.2, 0.25) is 0 Å². The molecule has 0 bridgehead atoms. The molecule has 1 rings (SSSR count). The minimum Gasteiger partial charge on any atom is -0.494 e. The first-order valence-corrected chi connectivity index (χ1v) is 10.1. The number of ether oxygens (including phenoxy) is 3. The molecule has 0 fully saturated rings. The van der Waals surface area contributed by atoms with Crippen molar-refractivity contribution in [3.05, 3.63) is 48.1 Å². The maximum absolute atomic E-state index is 12.0. The Balaban J connectivity index is 2.10. The summed E-state index contributed by atoms with van der Waals surface area (Å²) in [6.45, 7) is 4.55. The van der Waals surface area contributed by atoms with E-state index in [1.54, 1.807) is 31.2 Å². The second-order valence-corrected chi connectivity index (χ2v) is 7.01. The van der Waals surface area contributed by atoms with Crippen LogP contribution in [0.15, 0.2) is 42.5 Å². The topological polar surface area (TPSA) is 61.8 Å². The lowest BCUT2D eigenvalue weighted by atomic mass is 10.1. The number of esters is 2. The number of carbonyl (C=O) groups is 2. The third-order valence-corrected chi connectivity index (χ3v) is 4.06. The van der Waals surface area contributed by atoms with Gasteiger partial charge in [0.1, 0.15) is 5.75 Å². The lowest BCUT2D eigenvalue weighted by molar-refractivity contribution is -0.182. The third kappa shape index (κ3) is 14.0. The van der Waals surface area contributed by atoms with E-state index >= 15 is 0 Å². The molecule has 31 heavy (non-hydrogen) atoms. The molecule has 0 saturated carbocycles. The highest BCUT2D eigenvalue weighted by atomic mass is 19.4. The van der Waals surface area contributed by atoms with Gasteiger partial charge in [0.15, 0.2) is 6.61 Å². The number of hydrogen-bond acceptors (Lipinski definition) is 5. The van der Waals surface area contributed by atoms with Crippen LogP contribution in [0, 0.1) is 0 Å². The summed E-state index contributed by atoms with van der Waals surface area (Å²) in [5, 5.41) is 0. The zero-order valence-electron chi connectivity index (χ0n) is 17.7. The Bertz CT molecular complexity index is 724. The quantitative estimate of drug-likeness (QED) is 0.212. The summed E-state index contributed by atoms with van der Waals surface area (Å²) in [5.41, 5.74) is 1.06. The molecule has 0 heterocycles. The fourth-order valence-corrected chi connectivity index (χ4v) is 2.43. The number of unbranched alkanes of at least 4 members (excludes halogenated alkanes) is 5. The predicted octanol–water partition coefficient (Wildman–Crippen LogP) is 5.64. The molecule has 0 aromatic heterocycles. The van der Waals surface area contributed by atoms with Crippen molar-refractivity contribution >= 4 is 18.0 Å². The number of alkyl halides is 3. The second kappa shape index (κ2) is 14.3. The first-order valence-electron chi connectivity index (χ1n) is 10.1. The Morgan fingerprint density at radius 1 is 0.935 bits per heavy atom. The molecule has 5 nitrogen and oxygen atoms in total. The molecule has 0 aliphatic rings. The van der Waals surface area contributed by atoms with Gasteiger partial charge in [0.25, 0.3) is 0 Å². The van der Waals surface area contributed by atoms with Crippen molar-refractivity contribution in [1.82, 2.24) is 0 Å². The second-order valence-electron chi connectivity index (χ2n) is 7.01. The van der Waals surface area contributed by atoms with E-state index in [2.05, 4.69) is 11.3 Å². The van der Waals surface area contributed by atoms with Gasteiger partial charge < -0.3 is 14.2 Å². The summed E-state index contributed by atoms with van der Waals surface area (Å²) < 4.78 is 50.7. The maximum Gasteiger partial charge on any atom is 0.422 e. The molecule has 172 valence electrons. The summed E-state index contributed by atoms with van der Waals surface area (Å²) in [5.74, 6) is -0.716. The van der Waals surface area contributed by atoms with E-state index in [-0.39, 0.29) is 5.97 Å². The van der Waals surface area contributed by atoms with Crippen LogP contribution in [0.1, 0.15) is 51.0 Å². The molecule has 1 aromatic carbocycles. The van der Waals surface area contributed by atoms with Crippen LogP contribution in [0.3, 0.4) is 0 Å². The monoisotopic (exact) mass is 442 g/mol. The molecule has 0 unspecified atom stereocenters. The largest absolute Gasteiger partial charge is 0.494 e. The van der Waals surface area contributed by atoms with Crippen molar-refractivity contribution in [2.75, 3.05) is 19.8 Å². The molecule has 0 N–H and O–H groups in total. The SMILES string of the molecule is C=C(C)C(=O)OCCCCCCCCOc1ccc(/C=C/C(=O)OCC(F)(F)F)cc1. The fourth-order valence-electron chi connectivity index (χ4n) is 2.43. The number of hydrogen-bond donors (Lipinski definition) is 0. The summed E-state index contributed by atoms with van der Waals surface area (Å²) in [6.07, 6.45) is 3.73. The van der Waals surface area contributed by atoms with Crippen molar-refractivity contribution < 1.29 is 37.0 Å². The Morgan fingerprint density at radius 3 is 2.10 bits per heavy atom. The molecule has 0 spiro atoms. The predicted molar refractivity (Wildman–Crippen MR) is 111 cm³/mol. The lowest BCUT2D eigenvalue weighted by Gasteiger charge is -2.07. The summed E-state index contributed by atoms with van der Waals surface area (Å²) in [6, 6.07) is 6.85. The lowest BCUT2D eigenvalue weighted by Crippen LogP contribution is -2.19. The Labute approximate surface area is 180 Å². The van der Waals surface area contributed by atoms with Crippen molar-refractivity contribution in [2.24, 2.45) is 0 Å². The number of benzene rings is 1. The van der Waals surface area contributed by atoms with E-state index in [0.717, 1.165) is 44.6 Å². The first kappa shape index (κ1) is 26.3. The summed E-state index contributed by atoms with van der Waals surface area (Å²) in [4.78, 5) is 22.4. The molecule has 0 atom stereocenters. The van der Waals surface area contributed by atoms with Gasteiger partial charge >= 0.3 is 18.1 Å². The normalized spacial score (nSPS) is 11.4. The number of halogens is 3. The standard InChI is InChI=1S/C23H29F3O5/c1-18(2)22(28)30-16-8-6-4-3-5-7-15-29-20-12-9-19(10-13-20)11-14-21(27)31-17-23(24,25)26/h9-14H,1,3-8,15-17H2,2H3/b14-11+. The fraction of sp³-hybridized carbons (Fsp3) is 0.478. The van der Waals surface area contributed by atoms with Gasteiger partial charge in [0, 0.05) is 11.6 Å². The third-order valence-electron chi connectivity index (χ3n) is 4.06. The highest BCUT2D eigenvalue weighted by Gasteiger charge is 2.29. The van der Waals surface area contributed by atoms with Crippen molar-refractivity contribution in [3.8, 4) is 5.75 Å². The van der Waals surface area contributed by atoms with E-state index in [4.69, 9.17) is 9.47 Å². The smallest absolute Gasteiger partial charge is 0.422 e. The highest BCUT2D eigenvalue weighted by Crippen LogP contribution is 2.16. The summed E-state index contributed by atoms with van der Waals surface area (Å²) in [7, 11) is 0. The molecule has 1 aromatic rings. The molecule has 0 radical (unpaired) electrons. The van der Waals surface area contributed by atoms with E-state index in [1.807, 2.05) is 0 Å². The Kier molecular flexibility index (Phi) is 12.1. The average Bonchev–Trinajstić information content (AvgIpc) is 2.72. The molecule has 8 heteroatoms. The van der Waals surface area contributed by atoms with E-state index in [0.29, 0.717) is 30.1 Å². The van der Waals surface area contributed by atoms with Gasteiger partial charge in [-0.2, -0.15) is 13.2 Å². The number of carbonyl (C=O) groups excluding carboxylic acids is 2. The van der Waals surface area contributed by atoms with Crippen LogP contribution in [0.25, 0.3) is 6.08 Å². The zero-order valence-corrected chi connectivity index (χ0v) is 17.7. The van der Waals surface area contributed by atoms with Gasteiger partial charge in [0.2, 0.25) is 0 Å². The van der Waals surface area contributed by atoms with Crippen LogP contribution >= 0.6 is 0 Å². The molecular formula is C23H29F3O5. The minimum absolute atomic E-state index is 0.343. The van der Waals surface area contributed by atoms with Crippen LogP contribution in [0.5, 0.6) is 5.75 Å². The van der Waals surface area contributed by atoms with E-state index in [1.165, 1.54) is 6.08 Å². The first-order chi connectivity index (χ1) is 14.7. The molecule has 0 amide bonds.